The van der Waals surface area contributed by atoms with Gasteiger partial charge in [-0.3, -0.25) is 4.79 Å². The summed E-state index contributed by atoms with van der Waals surface area (Å²) in [6, 6.07) is 16.6. The standard InChI is InChI=1S/C26H28FN5O/c1-26(2)16-20-23(22(33)17-26)24(28-18-8-4-3-5-9-18)30-25(29-20)32-14-12-31(13-15-32)21-11-7-6-10-19(21)27/h3-11H,12-17H2,1-2H3,(H,28,29,30). The molecule has 33 heavy (non-hydrogen) atoms. The van der Waals surface area contributed by atoms with Crippen LogP contribution in [0.25, 0.3) is 0 Å². The van der Waals surface area contributed by atoms with Gasteiger partial charge in [0.2, 0.25) is 5.95 Å². The van der Waals surface area contributed by atoms with Crippen molar-refractivity contribution in [3.05, 3.63) is 71.7 Å². The molecule has 0 unspecified atom stereocenters. The SMILES string of the molecule is CC1(C)CC(=O)c2c(nc(N3CCN(c4ccccc4F)CC3)nc2Nc2ccccc2)C1. The number of nitrogens with zero attached hydrogens (tertiary/aromatic N) is 4. The molecule has 2 aliphatic rings. The smallest absolute Gasteiger partial charge is 0.227 e. The molecule has 1 saturated heterocycles. The summed E-state index contributed by atoms with van der Waals surface area (Å²) in [4.78, 5) is 26.9. The average Bonchev–Trinajstić information content (AvgIpc) is 2.79. The number of carbonyl (C=O) groups is 1. The molecule has 0 atom stereocenters. The second-order valence-electron chi connectivity index (χ2n) is 9.55. The minimum Gasteiger partial charge on any atom is -0.366 e. The van der Waals surface area contributed by atoms with E-state index in [1.807, 2.05) is 42.5 Å². The van der Waals surface area contributed by atoms with E-state index in [4.69, 9.17) is 9.97 Å². The molecule has 0 radical (unpaired) electrons. The molecular weight excluding hydrogens is 417 g/mol. The monoisotopic (exact) mass is 445 g/mol. The van der Waals surface area contributed by atoms with Crippen LogP contribution in [-0.2, 0) is 6.42 Å². The fourth-order valence-corrected chi connectivity index (χ4v) is 4.70. The van der Waals surface area contributed by atoms with Crippen LogP contribution in [-0.4, -0.2) is 41.9 Å². The van der Waals surface area contributed by atoms with Gasteiger partial charge < -0.3 is 15.1 Å². The summed E-state index contributed by atoms with van der Waals surface area (Å²) in [5, 5.41) is 3.35. The molecule has 5 rings (SSSR count). The lowest BCUT2D eigenvalue weighted by atomic mass is 9.75. The van der Waals surface area contributed by atoms with Crippen LogP contribution in [0.3, 0.4) is 0 Å². The van der Waals surface area contributed by atoms with Gasteiger partial charge in [0, 0.05) is 38.3 Å². The first-order valence-electron chi connectivity index (χ1n) is 11.4. The Kier molecular flexibility index (Phi) is 5.48. The van der Waals surface area contributed by atoms with Gasteiger partial charge >= 0.3 is 0 Å². The number of halogens is 1. The predicted molar refractivity (Wildman–Crippen MR) is 129 cm³/mol. The molecule has 0 amide bonds. The van der Waals surface area contributed by atoms with Crippen molar-refractivity contribution >= 4 is 28.9 Å². The van der Waals surface area contributed by atoms with Crippen molar-refractivity contribution in [2.24, 2.45) is 5.41 Å². The molecule has 1 aliphatic heterocycles. The number of Topliss-reactive ketones (excluding diaryl/α,β-unsaturated/α-hetero) is 1. The fraction of sp³-hybridized carbons (Fsp3) is 0.346. The number of aromatic nitrogens is 2. The zero-order valence-electron chi connectivity index (χ0n) is 19.0. The summed E-state index contributed by atoms with van der Waals surface area (Å²) in [6.45, 7) is 6.91. The van der Waals surface area contributed by atoms with Crippen LogP contribution in [0.5, 0.6) is 0 Å². The number of benzene rings is 2. The Hall–Kier alpha value is -3.48. The lowest BCUT2D eigenvalue weighted by molar-refractivity contribution is 0.0911. The first-order valence-corrected chi connectivity index (χ1v) is 11.4. The van der Waals surface area contributed by atoms with Crippen molar-refractivity contribution in [3.63, 3.8) is 0 Å². The Morgan fingerprint density at radius 3 is 2.27 bits per heavy atom. The highest BCUT2D eigenvalue weighted by Crippen LogP contribution is 2.38. The molecule has 0 spiro atoms. The molecule has 2 heterocycles. The van der Waals surface area contributed by atoms with E-state index in [0.717, 1.165) is 17.8 Å². The second kappa shape index (κ2) is 8.46. The molecule has 0 saturated carbocycles. The summed E-state index contributed by atoms with van der Waals surface area (Å²) in [7, 11) is 0. The topological polar surface area (TPSA) is 61.4 Å². The van der Waals surface area contributed by atoms with Crippen LogP contribution >= 0.6 is 0 Å². The molecule has 1 aromatic heterocycles. The van der Waals surface area contributed by atoms with Crippen molar-refractivity contribution in [2.45, 2.75) is 26.7 Å². The number of anilines is 4. The largest absolute Gasteiger partial charge is 0.366 e. The van der Waals surface area contributed by atoms with E-state index in [1.165, 1.54) is 6.07 Å². The quantitative estimate of drug-likeness (QED) is 0.620. The van der Waals surface area contributed by atoms with E-state index >= 15 is 0 Å². The molecule has 1 aliphatic carbocycles. The fourth-order valence-electron chi connectivity index (χ4n) is 4.70. The van der Waals surface area contributed by atoms with Crippen LogP contribution in [0.4, 0.5) is 27.5 Å². The Morgan fingerprint density at radius 2 is 1.55 bits per heavy atom. The van der Waals surface area contributed by atoms with E-state index in [9.17, 15) is 9.18 Å². The summed E-state index contributed by atoms with van der Waals surface area (Å²) < 4.78 is 14.2. The van der Waals surface area contributed by atoms with Crippen molar-refractivity contribution in [3.8, 4) is 0 Å². The highest BCUT2D eigenvalue weighted by Gasteiger charge is 2.35. The number of carbonyl (C=O) groups excluding carboxylic acids is 1. The van der Waals surface area contributed by atoms with Crippen LogP contribution in [0.15, 0.2) is 54.6 Å². The van der Waals surface area contributed by atoms with Crippen molar-refractivity contribution in [1.29, 1.82) is 0 Å². The molecule has 170 valence electrons. The van der Waals surface area contributed by atoms with Crippen LogP contribution in [0.1, 0.15) is 36.3 Å². The molecule has 1 N–H and O–H groups in total. The van der Waals surface area contributed by atoms with E-state index < -0.39 is 0 Å². The zero-order valence-corrected chi connectivity index (χ0v) is 19.0. The third-order valence-corrected chi connectivity index (χ3v) is 6.33. The number of hydrogen-bond donors (Lipinski definition) is 1. The van der Waals surface area contributed by atoms with Gasteiger partial charge in [0.25, 0.3) is 0 Å². The minimum atomic E-state index is -0.203. The van der Waals surface area contributed by atoms with Gasteiger partial charge in [-0.05, 0) is 36.1 Å². The highest BCUT2D eigenvalue weighted by molar-refractivity contribution is 6.03. The van der Waals surface area contributed by atoms with Gasteiger partial charge in [-0.25, -0.2) is 9.37 Å². The summed E-state index contributed by atoms with van der Waals surface area (Å²) in [5.74, 6) is 1.06. The maximum Gasteiger partial charge on any atom is 0.227 e. The molecule has 7 heteroatoms. The first kappa shape index (κ1) is 21.4. The summed E-state index contributed by atoms with van der Waals surface area (Å²) in [5.41, 5.74) is 2.78. The van der Waals surface area contributed by atoms with Crippen molar-refractivity contribution < 1.29 is 9.18 Å². The molecule has 6 nitrogen and oxygen atoms in total. The minimum absolute atomic E-state index is 0.0793. The van der Waals surface area contributed by atoms with E-state index in [0.29, 0.717) is 55.6 Å². The Balaban J connectivity index is 1.45. The normalized spacial score (nSPS) is 17.6. The van der Waals surface area contributed by atoms with E-state index in [-0.39, 0.29) is 17.0 Å². The lowest BCUT2D eigenvalue weighted by Gasteiger charge is -2.37. The second-order valence-corrected chi connectivity index (χ2v) is 9.55. The summed E-state index contributed by atoms with van der Waals surface area (Å²) in [6.07, 6.45) is 1.20. The molecule has 1 fully saturated rings. The van der Waals surface area contributed by atoms with E-state index in [2.05, 4.69) is 29.0 Å². The predicted octanol–water partition coefficient (Wildman–Crippen LogP) is 4.84. The maximum absolute atomic E-state index is 14.2. The van der Waals surface area contributed by atoms with Gasteiger partial charge in [-0.2, -0.15) is 4.98 Å². The zero-order chi connectivity index (χ0) is 23.0. The number of fused-ring (bicyclic) bond motifs is 1. The molecule has 2 aromatic carbocycles. The molecule has 3 aromatic rings. The van der Waals surface area contributed by atoms with Crippen LogP contribution in [0.2, 0.25) is 0 Å². The Bertz CT molecular complexity index is 1170. The number of ketones is 1. The van der Waals surface area contributed by atoms with Gasteiger partial charge in [0.05, 0.1) is 16.9 Å². The third kappa shape index (κ3) is 4.40. The molecular formula is C26H28FN5O. The van der Waals surface area contributed by atoms with Gasteiger partial charge in [-0.15, -0.1) is 0 Å². The van der Waals surface area contributed by atoms with Gasteiger partial charge in [0.15, 0.2) is 5.78 Å². The Morgan fingerprint density at radius 1 is 0.879 bits per heavy atom. The van der Waals surface area contributed by atoms with Crippen molar-refractivity contribution in [1.82, 2.24) is 9.97 Å². The number of hydrogen-bond acceptors (Lipinski definition) is 6. The first-order chi connectivity index (χ1) is 15.9. The Labute approximate surface area is 193 Å². The summed E-state index contributed by atoms with van der Waals surface area (Å²) >= 11 is 0. The highest BCUT2D eigenvalue weighted by atomic mass is 19.1. The average molecular weight is 446 g/mol. The molecule has 0 bridgehead atoms. The number of nitrogens with one attached hydrogen (secondary N) is 1. The van der Waals surface area contributed by atoms with Crippen molar-refractivity contribution in [2.75, 3.05) is 41.3 Å². The number of para-hydroxylation sites is 2. The van der Waals surface area contributed by atoms with E-state index in [1.54, 1.807) is 6.07 Å². The lowest BCUT2D eigenvalue weighted by Crippen LogP contribution is -2.47. The number of rotatable bonds is 4. The van der Waals surface area contributed by atoms with Crippen LogP contribution < -0.4 is 15.1 Å². The number of piperazine rings is 1. The maximum atomic E-state index is 14.2. The van der Waals surface area contributed by atoms with Crippen LogP contribution in [0, 0.1) is 11.2 Å². The third-order valence-electron chi connectivity index (χ3n) is 6.33. The van der Waals surface area contributed by atoms with Gasteiger partial charge in [0.1, 0.15) is 11.6 Å². The van der Waals surface area contributed by atoms with Gasteiger partial charge in [-0.1, -0.05) is 44.2 Å².